The van der Waals surface area contributed by atoms with Crippen LogP contribution in [0.1, 0.15) is 51.0 Å². The smallest absolute Gasteiger partial charge is 0.325 e. The second kappa shape index (κ2) is 11.6. The Balaban J connectivity index is 2.08. The summed E-state index contributed by atoms with van der Waals surface area (Å²) in [6.07, 6.45) is 6.93. The fourth-order valence-electron chi connectivity index (χ4n) is 3.61. The highest BCUT2D eigenvalue weighted by Gasteiger charge is 2.39. The van der Waals surface area contributed by atoms with E-state index < -0.39 is 22.0 Å². The van der Waals surface area contributed by atoms with Crippen LogP contribution in [-0.4, -0.2) is 62.1 Å². The van der Waals surface area contributed by atoms with Crippen LogP contribution in [0.2, 0.25) is 0 Å². The minimum Gasteiger partial charge on any atom is -0.468 e. The molecule has 1 aromatic rings. The van der Waals surface area contributed by atoms with Crippen LogP contribution in [0, 0.1) is 5.82 Å². The van der Waals surface area contributed by atoms with E-state index in [4.69, 9.17) is 4.74 Å². The number of rotatable bonds is 10. The lowest BCUT2D eigenvalue weighted by Crippen LogP contribution is -2.48. The van der Waals surface area contributed by atoms with Gasteiger partial charge >= 0.3 is 5.97 Å². The van der Waals surface area contributed by atoms with E-state index >= 15 is 0 Å². The van der Waals surface area contributed by atoms with Gasteiger partial charge in [0, 0.05) is 19.6 Å². The molecule has 0 spiro atoms. The second-order valence-corrected chi connectivity index (χ2v) is 9.64. The van der Waals surface area contributed by atoms with Crippen LogP contribution >= 0.6 is 0 Å². The van der Waals surface area contributed by atoms with E-state index in [0.717, 1.165) is 19.4 Å². The Morgan fingerprint density at radius 2 is 1.79 bits per heavy atom. The van der Waals surface area contributed by atoms with Crippen LogP contribution in [0.15, 0.2) is 24.3 Å². The number of ether oxygens (including phenoxy) is 1. The van der Waals surface area contributed by atoms with Crippen molar-refractivity contribution < 1.29 is 22.3 Å². The SMILES string of the molecule is CCCCCCCCN1CCS(=O)(=O)N(Cc2ccc(F)cc2)C(C(=O)OC)C1. The Morgan fingerprint density at radius 3 is 2.45 bits per heavy atom. The summed E-state index contributed by atoms with van der Waals surface area (Å²) in [5.74, 6) is -0.995. The molecule has 8 heteroatoms. The largest absolute Gasteiger partial charge is 0.468 e. The van der Waals surface area contributed by atoms with Crippen molar-refractivity contribution in [3.8, 4) is 0 Å². The first-order valence-electron chi connectivity index (χ1n) is 10.4. The molecule has 1 saturated heterocycles. The molecule has 1 aromatic carbocycles. The zero-order valence-corrected chi connectivity index (χ0v) is 18.3. The van der Waals surface area contributed by atoms with E-state index in [1.807, 2.05) is 4.90 Å². The maximum Gasteiger partial charge on any atom is 0.325 e. The number of unbranched alkanes of at least 4 members (excludes halogenated alkanes) is 5. The predicted octanol–water partition coefficient (Wildman–Crippen LogP) is 3.18. The summed E-state index contributed by atoms with van der Waals surface area (Å²) in [7, 11) is -2.38. The molecular formula is C21H33FN2O4S. The van der Waals surface area contributed by atoms with E-state index in [9.17, 15) is 17.6 Å². The summed E-state index contributed by atoms with van der Waals surface area (Å²) in [6, 6.07) is 4.75. The van der Waals surface area contributed by atoms with Crippen molar-refractivity contribution in [2.24, 2.45) is 0 Å². The molecular weight excluding hydrogens is 395 g/mol. The highest BCUT2D eigenvalue weighted by molar-refractivity contribution is 7.89. The zero-order valence-electron chi connectivity index (χ0n) is 17.5. The number of halogens is 1. The van der Waals surface area contributed by atoms with Gasteiger partial charge in [-0.2, -0.15) is 4.31 Å². The van der Waals surface area contributed by atoms with Crippen molar-refractivity contribution in [3.05, 3.63) is 35.6 Å². The number of hydrogen-bond acceptors (Lipinski definition) is 5. The average molecular weight is 429 g/mol. The van der Waals surface area contributed by atoms with Crippen LogP contribution < -0.4 is 0 Å². The number of methoxy groups -OCH3 is 1. The van der Waals surface area contributed by atoms with Crippen LogP contribution in [-0.2, 0) is 26.1 Å². The molecule has 1 atom stereocenters. The molecule has 0 saturated carbocycles. The summed E-state index contributed by atoms with van der Waals surface area (Å²) in [5, 5.41) is 0. The molecule has 0 aliphatic carbocycles. The third-order valence-electron chi connectivity index (χ3n) is 5.35. The van der Waals surface area contributed by atoms with Gasteiger partial charge in [-0.15, -0.1) is 0 Å². The molecule has 2 rings (SSSR count). The van der Waals surface area contributed by atoms with Crippen molar-refractivity contribution in [1.82, 2.24) is 9.21 Å². The number of sulfonamides is 1. The van der Waals surface area contributed by atoms with Crippen LogP contribution in [0.5, 0.6) is 0 Å². The highest BCUT2D eigenvalue weighted by atomic mass is 32.2. The van der Waals surface area contributed by atoms with E-state index in [1.54, 1.807) is 0 Å². The standard InChI is InChI=1S/C21H33FN2O4S/c1-3-4-5-6-7-8-13-23-14-15-29(26,27)24(20(17-23)21(25)28-2)16-18-9-11-19(22)12-10-18/h9-12,20H,3-8,13-17H2,1-2H3. The van der Waals surface area contributed by atoms with Gasteiger partial charge in [-0.25, -0.2) is 12.8 Å². The van der Waals surface area contributed by atoms with Gasteiger partial charge in [0.1, 0.15) is 11.9 Å². The fourth-order valence-corrected chi connectivity index (χ4v) is 5.22. The van der Waals surface area contributed by atoms with Gasteiger partial charge in [-0.1, -0.05) is 51.2 Å². The number of carbonyl (C=O) groups is 1. The Kier molecular flexibility index (Phi) is 9.52. The van der Waals surface area contributed by atoms with Gasteiger partial charge in [0.15, 0.2) is 0 Å². The van der Waals surface area contributed by atoms with E-state index in [1.165, 1.54) is 61.4 Å². The fraction of sp³-hybridized carbons (Fsp3) is 0.667. The van der Waals surface area contributed by atoms with Crippen molar-refractivity contribution in [1.29, 1.82) is 0 Å². The number of carbonyl (C=O) groups excluding carboxylic acids is 1. The van der Waals surface area contributed by atoms with Gasteiger partial charge in [0.05, 0.1) is 12.9 Å². The topological polar surface area (TPSA) is 66.9 Å². The van der Waals surface area contributed by atoms with Crippen molar-refractivity contribution in [3.63, 3.8) is 0 Å². The van der Waals surface area contributed by atoms with E-state index in [2.05, 4.69) is 6.92 Å². The Morgan fingerprint density at radius 1 is 1.14 bits per heavy atom. The third kappa shape index (κ3) is 7.35. The number of esters is 1. The molecule has 0 aromatic heterocycles. The van der Waals surface area contributed by atoms with Gasteiger partial charge in [-0.05, 0) is 30.7 Å². The Bertz CT molecular complexity index is 740. The van der Waals surface area contributed by atoms with Crippen LogP contribution in [0.3, 0.4) is 0 Å². The highest BCUT2D eigenvalue weighted by Crippen LogP contribution is 2.20. The molecule has 1 aliphatic heterocycles. The molecule has 0 amide bonds. The third-order valence-corrected chi connectivity index (χ3v) is 7.15. The lowest BCUT2D eigenvalue weighted by molar-refractivity contribution is -0.145. The lowest BCUT2D eigenvalue weighted by atomic mass is 10.1. The number of nitrogens with zero attached hydrogens (tertiary/aromatic N) is 2. The number of benzene rings is 1. The monoisotopic (exact) mass is 428 g/mol. The summed E-state index contributed by atoms with van der Waals surface area (Å²) in [5.41, 5.74) is 0.633. The predicted molar refractivity (Wildman–Crippen MR) is 111 cm³/mol. The first kappa shape index (κ1) is 23.8. The van der Waals surface area contributed by atoms with Crippen molar-refractivity contribution in [2.75, 3.05) is 32.5 Å². The summed E-state index contributed by atoms with van der Waals surface area (Å²) in [6.45, 7) is 3.67. The first-order chi connectivity index (χ1) is 13.9. The van der Waals surface area contributed by atoms with Crippen molar-refractivity contribution >= 4 is 16.0 Å². The van der Waals surface area contributed by atoms with Crippen LogP contribution in [0.4, 0.5) is 4.39 Å². The van der Waals surface area contributed by atoms with Gasteiger partial charge in [0.25, 0.3) is 0 Å². The molecule has 1 aliphatic rings. The molecule has 0 radical (unpaired) electrons. The molecule has 6 nitrogen and oxygen atoms in total. The van der Waals surface area contributed by atoms with E-state index in [0.29, 0.717) is 18.7 Å². The quantitative estimate of drug-likeness (QED) is 0.423. The maximum absolute atomic E-state index is 13.2. The molecule has 29 heavy (non-hydrogen) atoms. The summed E-state index contributed by atoms with van der Waals surface area (Å²) >= 11 is 0. The molecule has 0 N–H and O–H groups in total. The van der Waals surface area contributed by atoms with Crippen molar-refractivity contribution in [2.45, 2.75) is 58.0 Å². The molecule has 0 bridgehead atoms. The van der Waals surface area contributed by atoms with Crippen LogP contribution in [0.25, 0.3) is 0 Å². The van der Waals surface area contributed by atoms with Gasteiger partial charge < -0.3 is 9.64 Å². The molecule has 1 unspecified atom stereocenters. The summed E-state index contributed by atoms with van der Waals surface area (Å²) in [4.78, 5) is 14.5. The molecule has 1 heterocycles. The first-order valence-corrected chi connectivity index (χ1v) is 12.0. The zero-order chi connectivity index (χ0) is 21.3. The lowest BCUT2D eigenvalue weighted by Gasteiger charge is -2.28. The van der Waals surface area contributed by atoms with Gasteiger partial charge in [-0.3, -0.25) is 4.79 Å². The van der Waals surface area contributed by atoms with E-state index in [-0.39, 0.29) is 18.1 Å². The molecule has 1 fully saturated rings. The average Bonchev–Trinajstić information content (AvgIpc) is 2.82. The summed E-state index contributed by atoms with van der Waals surface area (Å²) < 4.78 is 45.2. The minimum atomic E-state index is -3.65. The maximum atomic E-state index is 13.2. The minimum absolute atomic E-state index is 0.0211. The normalized spacial score (nSPS) is 20.3. The molecule has 164 valence electrons. The second-order valence-electron chi connectivity index (χ2n) is 7.60. The van der Waals surface area contributed by atoms with Gasteiger partial charge in [0.2, 0.25) is 10.0 Å². The Labute approximate surface area is 174 Å². The Hall–Kier alpha value is -1.51. The number of hydrogen-bond donors (Lipinski definition) is 0.